The van der Waals surface area contributed by atoms with Crippen LogP contribution >= 0.6 is 11.6 Å². The van der Waals surface area contributed by atoms with Gasteiger partial charge < -0.3 is 15.2 Å². The number of urea groups is 1. The first kappa shape index (κ1) is 18.7. The Labute approximate surface area is 177 Å². The second-order valence-corrected chi connectivity index (χ2v) is 8.30. The van der Waals surface area contributed by atoms with Gasteiger partial charge in [-0.25, -0.2) is 4.79 Å². The lowest BCUT2D eigenvalue weighted by Crippen LogP contribution is -2.41. The monoisotopic (exact) mass is 422 g/mol. The second kappa shape index (κ2) is 6.60. The smallest absolute Gasteiger partial charge is 0.322 e. The maximum Gasteiger partial charge on any atom is 0.322 e. The number of nitrogens with zero attached hydrogens (tertiary/aromatic N) is 1. The van der Waals surface area contributed by atoms with Gasteiger partial charge in [0.25, 0.3) is 11.8 Å². The molecule has 0 radical (unpaired) electrons. The van der Waals surface area contributed by atoms with Gasteiger partial charge in [0.1, 0.15) is 5.54 Å². The Morgan fingerprint density at radius 2 is 2.00 bits per heavy atom. The molecular weight excluding hydrogens is 404 g/mol. The number of hydrogen-bond donors (Lipinski definition) is 3. The maximum absolute atomic E-state index is 13.3. The van der Waals surface area contributed by atoms with E-state index in [1.165, 1.54) is 0 Å². The number of H-pyrrole nitrogens is 1. The van der Waals surface area contributed by atoms with Crippen LogP contribution in [0.25, 0.3) is 10.9 Å². The molecule has 3 heterocycles. The Hall–Kier alpha value is -3.32. The van der Waals surface area contributed by atoms with Crippen LogP contribution in [0.5, 0.6) is 0 Å². The number of halogens is 1. The molecule has 1 atom stereocenters. The molecule has 3 aromatic rings. The van der Waals surface area contributed by atoms with Gasteiger partial charge >= 0.3 is 6.03 Å². The van der Waals surface area contributed by atoms with Crippen LogP contribution in [0.1, 0.15) is 34.1 Å². The summed E-state index contributed by atoms with van der Waals surface area (Å²) in [5.41, 5.74) is 3.06. The zero-order valence-corrected chi connectivity index (χ0v) is 17.0. The molecule has 0 spiro atoms. The Kier molecular flexibility index (Phi) is 4.11. The van der Waals surface area contributed by atoms with Crippen molar-refractivity contribution in [2.45, 2.75) is 25.4 Å². The summed E-state index contributed by atoms with van der Waals surface area (Å²) in [4.78, 5) is 42.3. The molecule has 2 aliphatic heterocycles. The highest BCUT2D eigenvalue weighted by atomic mass is 35.5. The summed E-state index contributed by atoms with van der Waals surface area (Å²) in [6.07, 6.45) is 0.725. The first-order valence-electron chi connectivity index (χ1n) is 9.67. The first-order valence-corrected chi connectivity index (χ1v) is 10.1. The van der Waals surface area contributed by atoms with Crippen LogP contribution in [0.2, 0.25) is 5.02 Å². The third kappa shape index (κ3) is 2.85. The molecule has 8 heteroatoms. The topological polar surface area (TPSA) is 94.3 Å². The quantitative estimate of drug-likeness (QED) is 0.554. The summed E-state index contributed by atoms with van der Waals surface area (Å²) in [5.74, 6) is -0.553. The van der Waals surface area contributed by atoms with E-state index in [0.717, 1.165) is 28.6 Å². The fourth-order valence-corrected chi connectivity index (χ4v) is 4.42. The van der Waals surface area contributed by atoms with Crippen LogP contribution < -0.4 is 10.6 Å². The molecule has 1 saturated heterocycles. The summed E-state index contributed by atoms with van der Waals surface area (Å²) in [5, 5.41) is 6.57. The Morgan fingerprint density at radius 3 is 2.77 bits per heavy atom. The summed E-state index contributed by atoms with van der Waals surface area (Å²) in [6, 6.07) is 12.0. The van der Waals surface area contributed by atoms with Crippen molar-refractivity contribution in [1.29, 1.82) is 0 Å². The van der Waals surface area contributed by atoms with E-state index in [0.29, 0.717) is 29.2 Å². The number of fused-ring (bicyclic) bond motifs is 3. The lowest BCUT2D eigenvalue weighted by atomic mass is 9.90. The van der Waals surface area contributed by atoms with E-state index in [1.807, 2.05) is 18.2 Å². The standard InChI is InChI=1S/C22H19ClN4O3/c1-22(20(29)25-21(30)26-22)13-4-2-3-12(9-13)19(28)27-8-7-18-16(11-27)15-10-14(23)5-6-17(15)24-18/h2-6,9-10,24H,7-8,11H2,1H3,(H2,25,26,29,30). The van der Waals surface area contributed by atoms with Gasteiger partial charge in [0.05, 0.1) is 0 Å². The number of nitrogens with one attached hydrogen (secondary N) is 3. The van der Waals surface area contributed by atoms with Crippen molar-refractivity contribution in [2.24, 2.45) is 0 Å². The third-order valence-corrected chi connectivity index (χ3v) is 6.19. The number of carbonyl (C=O) groups is 3. The predicted molar refractivity (Wildman–Crippen MR) is 112 cm³/mol. The van der Waals surface area contributed by atoms with E-state index in [1.54, 1.807) is 36.1 Å². The van der Waals surface area contributed by atoms with Crippen LogP contribution in [0.4, 0.5) is 4.79 Å². The zero-order valence-electron chi connectivity index (χ0n) is 16.2. The van der Waals surface area contributed by atoms with Crippen molar-refractivity contribution in [3.63, 3.8) is 0 Å². The highest BCUT2D eigenvalue weighted by Crippen LogP contribution is 2.31. The fraction of sp³-hybridized carbons (Fsp3) is 0.227. The van der Waals surface area contributed by atoms with E-state index >= 15 is 0 Å². The van der Waals surface area contributed by atoms with E-state index in [4.69, 9.17) is 11.6 Å². The summed E-state index contributed by atoms with van der Waals surface area (Å²) >= 11 is 6.17. The fourth-order valence-electron chi connectivity index (χ4n) is 4.25. The van der Waals surface area contributed by atoms with Gasteiger partial charge in [-0.2, -0.15) is 0 Å². The van der Waals surface area contributed by atoms with Crippen LogP contribution in [0.3, 0.4) is 0 Å². The first-order chi connectivity index (χ1) is 14.3. The largest absolute Gasteiger partial charge is 0.358 e. The molecule has 30 heavy (non-hydrogen) atoms. The SMILES string of the molecule is CC1(c2cccc(C(=O)N3CCc4[nH]c5ccc(Cl)cc5c4C3)c2)NC(=O)NC1=O. The molecule has 152 valence electrons. The van der Waals surface area contributed by atoms with Crippen LogP contribution in [-0.2, 0) is 23.3 Å². The molecule has 1 fully saturated rings. The average molecular weight is 423 g/mol. The lowest BCUT2D eigenvalue weighted by molar-refractivity contribution is -0.123. The van der Waals surface area contributed by atoms with Crippen molar-refractivity contribution >= 4 is 40.3 Å². The molecule has 0 bridgehead atoms. The van der Waals surface area contributed by atoms with Gasteiger partial charge in [-0.3, -0.25) is 14.9 Å². The Balaban J connectivity index is 1.45. The maximum atomic E-state index is 13.3. The van der Waals surface area contributed by atoms with Crippen molar-refractivity contribution in [2.75, 3.05) is 6.54 Å². The lowest BCUT2D eigenvalue weighted by Gasteiger charge is -2.28. The van der Waals surface area contributed by atoms with E-state index in [9.17, 15) is 14.4 Å². The predicted octanol–water partition coefficient (Wildman–Crippen LogP) is 3.07. The van der Waals surface area contributed by atoms with E-state index in [2.05, 4.69) is 15.6 Å². The highest BCUT2D eigenvalue weighted by molar-refractivity contribution is 6.31. The number of benzene rings is 2. The molecule has 2 aliphatic rings. The minimum absolute atomic E-state index is 0.118. The van der Waals surface area contributed by atoms with Gasteiger partial charge in [0.15, 0.2) is 0 Å². The Morgan fingerprint density at radius 1 is 1.17 bits per heavy atom. The molecule has 3 N–H and O–H groups in total. The normalized spacial score (nSPS) is 20.8. The van der Waals surface area contributed by atoms with Crippen molar-refractivity contribution in [1.82, 2.24) is 20.5 Å². The molecule has 5 rings (SSSR count). The molecule has 4 amide bonds. The minimum atomic E-state index is -1.20. The number of imide groups is 1. The molecule has 2 aromatic carbocycles. The number of amides is 4. The molecule has 7 nitrogen and oxygen atoms in total. The van der Waals surface area contributed by atoms with Crippen LogP contribution in [0, 0.1) is 0 Å². The number of aromatic nitrogens is 1. The van der Waals surface area contributed by atoms with E-state index in [-0.39, 0.29) is 5.91 Å². The number of aromatic amines is 1. The van der Waals surface area contributed by atoms with Crippen LogP contribution in [0.15, 0.2) is 42.5 Å². The zero-order chi connectivity index (χ0) is 21.0. The molecule has 1 unspecified atom stereocenters. The van der Waals surface area contributed by atoms with E-state index < -0.39 is 17.5 Å². The molecule has 0 saturated carbocycles. The van der Waals surface area contributed by atoms with Crippen molar-refractivity contribution < 1.29 is 14.4 Å². The minimum Gasteiger partial charge on any atom is -0.358 e. The number of rotatable bonds is 2. The Bertz CT molecular complexity index is 1230. The average Bonchev–Trinajstić information content (AvgIpc) is 3.23. The van der Waals surface area contributed by atoms with Gasteiger partial charge in [-0.1, -0.05) is 23.7 Å². The number of carbonyl (C=O) groups excluding carboxylic acids is 3. The molecule has 1 aromatic heterocycles. The van der Waals surface area contributed by atoms with Gasteiger partial charge in [0, 0.05) is 52.3 Å². The second-order valence-electron chi connectivity index (χ2n) is 7.86. The summed E-state index contributed by atoms with van der Waals surface area (Å²) in [6.45, 7) is 2.69. The van der Waals surface area contributed by atoms with Crippen molar-refractivity contribution in [3.8, 4) is 0 Å². The highest BCUT2D eigenvalue weighted by Gasteiger charge is 2.43. The van der Waals surface area contributed by atoms with Gasteiger partial charge in [-0.15, -0.1) is 0 Å². The number of hydrogen-bond acceptors (Lipinski definition) is 3. The van der Waals surface area contributed by atoms with Crippen LogP contribution in [-0.4, -0.2) is 34.3 Å². The van der Waals surface area contributed by atoms with Crippen molar-refractivity contribution in [3.05, 3.63) is 69.9 Å². The summed E-state index contributed by atoms with van der Waals surface area (Å²) in [7, 11) is 0. The van der Waals surface area contributed by atoms with Gasteiger partial charge in [-0.05, 0) is 42.8 Å². The summed E-state index contributed by atoms with van der Waals surface area (Å²) < 4.78 is 0. The van der Waals surface area contributed by atoms with Gasteiger partial charge in [0.2, 0.25) is 0 Å². The third-order valence-electron chi connectivity index (χ3n) is 5.96. The molecular formula is C22H19ClN4O3. The molecule has 0 aliphatic carbocycles.